The van der Waals surface area contributed by atoms with Crippen molar-refractivity contribution in [3.05, 3.63) is 0 Å². The summed E-state index contributed by atoms with van der Waals surface area (Å²) in [6.45, 7) is 6.34. The topological polar surface area (TPSA) is 85.3 Å². The third-order valence-corrected chi connectivity index (χ3v) is 4.30. The number of β-amino-alcohol motifs (C(OH)–C–C–N with tert-alkyl or cyclic N) is 1. The van der Waals surface area contributed by atoms with Gasteiger partial charge >= 0.3 is 0 Å². The van der Waals surface area contributed by atoms with Crippen molar-refractivity contribution >= 4 is 5.84 Å². The molecule has 0 aromatic carbocycles. The fourth-order valence-corrected chi connectivity index (χ4v) is 3.01. The van der Waals surface area contributed by atoms with Gasteiger partial charge in [-0.25, -0.2) is 0 Å². The normalized spacial score (nSPS) is 25.2. The molecule has 4 N–H and O–H groups in total. The van der Waals surface area contributed by atoms with Crippen molar-refractivity contribution in [3.63, 3.8) is 0 Å². The van der Waals surface area contributed by atoms with Gasteiger partial charge in [0.15, 0.2) is 0 Å². The predicted molar refractivity (Wildman–Crippen MR) is 74.3 cm³/mol. The van der Waals surface area contributed by atoms with Crippen molar-refractivity contribution in [3.8, 4) is 0 Å². The summed E-state index contributed by atoms with van der Waals surface area (Å²) in [5, 5.41) is 20.8. The summed E-state index contributed by atoms with van der Waals surface area (Å²) < 4.78 is 0. The molecular formula is C13H26N4O2. The zero-order valence-corrected chi connectivity index (χ0v) is 11.6. The third-order valence-electron chi connectivity index (χ3n) is 4.30. The molecule has 6 nitrogen and oxygen atoms in total. The van der Waals surface area contributed by atoms with Gasteiger partial charge in [0.25, 0.3) is 0 Å². The first-order valence-corrected chi connectivity index (χ1v) is 7.19. The van der Waals surface area contributed by atoms with Gasteiger partial charge in [0.1, 0.15) is 5.84 Å². The van der Waals surface area contributed by atoms with Crippen LogP contribution in [0.3, 0.4) is 0 Å². The average Bonchev–Trinajstić information content (AvgIpc) is 3.17. The maximum absolute atomic E-state index is 8.99. The summed E-state index contributed by atoms with van der Waals surface area (Å²) >= 11 is 0. The van der Waals surface area contributed by atoms with Crippen LogP contribution in [0.2, 0.25) is 0 Å². The van der Waals surface area contributed by atoms with Crippen LogP contribution in [0.1, 0.15) is 25.7 Å². The molecule has 2 fully saturated rings. The fourth-order valence-electron chi connectivity index (χ4n) is 3.01. The summed E-state index contributed by atoms with van der Waals surface area (Å²) in [5.41, 5.74) is 5.89. The van der Waals surface area contributed by atoms with Gasteiger partial charge in [0.05, 0.1) is 6.61 Å². The largest absolute Gasteiger partial charge is 0.409 e. The molecule has 19 heavy (non-hydrogen) atoms. The molecule has 0 spiro atoms. The van der Waals surface area contributed by atoms with E-state index in [0.29, 0.717) is 12.3 Å². The van der Waals surface area contributed by atoms with E-state index < -0.39 is 0 Å². The summed E-state index contributed by atoms with van der Waals surface area (Å²) in [6, 6.07) is 0. The lowest BCUT2D eigenvalue weighted by atomic mass is 10.0. The lowest BCUT2D eigenvalue weighted by Gasteiger charge is -2.26. The molecule has 6 heteroatoms. The van der Waals surface area contributed by atoms with E-state index in [1.165, 1.54) is 12.8 Å². The highest BCUT2D eigenvalue weighted by atomic mass is 16.4. The molecule has 0 bridgehead atoms. The van der Waals surface area contributed by atoms with Gasteiger partial charge in [-0.15, -0.1) is 0 Å². The number of nitrogens with zero attached hydrogens (tertiary/aromatic N) is 3. The SMILES string of the molecule is NC(CC1(CN2CCCN(CCO)CC2)CC1)=NO. The van der Waals surface area contributed by atoms with Crippen LogP contribution >= 0.6 is 0 Å². The second-order valence-electron chi connectivity index (χ2n) is 5.96. The molecule has 2 aliphatic rings. The molecule has 1 heterocycles. The highest BCUT2D eigenvalue weighted by Crippen LogP contribution is 2.49. The van der Waals surface area contributed by atoms with Crippen LogP contribution in [0.5, 0.6) is 0 Å². The number of aliphatic hydroxyl groups excluding tert-OH is 1. The van der Waals surface area contributed by atoms with E-state index in [4.69, 9.17) is 16.0 Å². The van der Waals surface area contributed by atoms with Gasteiger partial charge < -0.3 is 20.9 Å². The van der Waals surface area contributed by atoms with E-state index in [-0.39, 0.29) is 12.0 Å². The van der Waals surface area contributed by atoms with E-state index in [1.807, 2.05) is 0 Å². The van der Waals surface area contributed by atoms with Crippen molar-refractivity contribution in [2.45, 2.75) is 25.7 Å². The maximum atomic E-state index is 8.99. The first kappa shape index (κ1) is 14.6. The smallest absolute Gasteiger partial charge is 0.139 e. The van der Waals surface area contributed by atoms with Crippen LogP contribution in [0, 0.1) is 5.41 Å². The molecule has 1 aliphatic heterocycles. The van der Waals surface area contributed by atoms with Gasteiger partial charge in [-0.2, -0.15) is 0 Å². The van der Waals surface area contributed by atoms with Crippen molar-refractivity contribution in [1.29, 1.82) is 0 Å². The Morgan fingerprint density at radius 3 is 2.47 bits per heavy atom. The molecule has 0 amide bonds. The monoisotopic (exact) mass is 270 g/mol. The number of rotatable bonds is 6. The molecular weight excluding hydrogens is 244 g/mol. The van der Waals surface area contributed by atoms with Crippen LogP contribution in [0.25, 0.3) is 0 Å². The van der Waals surface area contributed by atoms with Crippen LogP contribution in [0.15, 0.2) is 5.16 Å². The van der Waals surface area contributed by atoms with Gasteiger partial charge in [-0.1, -0.05) is 5.16 Å². The Bertz CT molecular complexity index is 318. The molecule has 0 radical (unpaired) electrons. The van der Waals surface area contributed by atoms with Crippen molar-refractivity contribution in [2.24, 2.45) is 16.3 Å². The number of oxime groups is 1. The summed E-state index contributed by atoms with van der Waals surface area (Å²) in [6.07, 6.45) is 4.22. The van der Waals surface area contributed by atoms with E-state index in [2.05, 4.69) is 15.0 Å². The zero-order valence-electron chi connectivity index (χ0n) is 11.6. The van der Waals surface area contributed by atoms with Crippen molar-refractivity contribution in [2.75, 3.05) is 45.9 Å². The first-order valence-electron chi connectivity index (χ1n) is 7.19. The molecule has 1 saturated heterocycles. The summed E-state index contributed by atoms with van der Waals surface area (Å²) in [7, 11) is 0. The van der Waals surface area contributed by atoms with Crippen LogP contribution in [-0.4, -0.2) is 71.8 Å². The van der Waals surface area contributed by atoms with E-state index in [1.54, 1.807) is 0 Å². The van der Waals surface area contributed by atoms with Crippen molar-refractivity contribution in [1.82, 2.24) is 9.80 Å². The molecule has 1 aliphatic carbocycles. The molecule has 1 saturated carbocycles. The second kappa shape index (κ2) is 6.54. The van der Waals surface area contributed by atoms with Gasteiger partial charge in [-0.05, 0) is 37.8 Å². The lowest BCUT2D eigenvalue weighted by molar-refractivity contribution is 0.190. The van der Waals surface area contributed by atoms with Crippen LogP contribution < -0.4 is 5.73 Å². The Kier molecular flexibility index (Phi) is 5.01. The zero-order chi connectivity index (χ0) is 13.7. The maximum Gasteiger partial charge on any atom is 0.139 e. The summed E-state index contributed by atoms with van der Waals surface area (Å²) in [4.78, 5) is 4.82. The number of hydrogen-bond donors (Lipinski definition) is 3. The Morgan fingerprint density at radius 1 is 1.16 bits per heavy atom. The highest BCUT2D eigenvalue weighted by Gasteiger charge is 2.44. The van der Waals surface area contributed by atoms with Gasteiger partial charge in [0.2, 0.25) is 0 Å². The first-order chi connectivity index (χ1) is 9.17. The number of hydrogen-bond acceptors (Lipinski definition) is 5. The Morgan fingerprint density at radius 2 is 1.84 bits per heavy atom. The average molecular weight is 270 g/mol. The van der Waals surface area contributed by atoms with Gasteiger partial charge in [-0.3, -0.25) is 4.90 Å². The number of nitrogens with two attached hydrogens (primary N) is 1. The molecule has 0 aromatic rings. The quantitative estimate of drug-likeness (QED) is 0.272. The van der Waals surface area contributed by atoms with E-state index in [0.717, 1.165) is 45.7 Å². The van der Waals surface area contributed by atoms with E-state index in [9.17, 15) is 0 Å². The minimum Gasteiger partial charge on any atom is -0.409 e. The lowest BCUT2D eigenvalue weighted by Crippen LogP contribution is -2.36. The van der Waals surface area contributed by atoms with Gasteiger partial charge in [0, 0.05) is 32.6 Å². The highest BCUT2D eigenvalue weighted by molar-refractivity contribution is 5.80. The number of aliphatic hydroxyl groups is 1. The minimum absolute atomic E-state index is 0.243. The fraction of sp³-hybridized carbons (Fsp3) is 0.923. The Labute approximate surface area is 114 Å². The summed E-state index contributed by atoms with van der Waals surface area (Å²) in [5.74, 6) is 0.356. The van der Waals surface area contributed by atoms with Crippen molar-refractivity contribution < 1.29 is 10.3 Å². The number of amidine groups is 1. The molecule has 110 valence electrons. The third kappa shape index (κ3) is 4.33. The predicted octanol–water partition coefficient (Wildman–Crippen LogP) is -0.0969. The Balaban J connectivity index is 1.80. The minimum atomic E-state index is 0.243. The van der Waals surface area contributed by atoms with E-state index >= 15 is 0 Å². The van der Waals surface area contributed by atoms with Crippen LogP contribution in [0.4, 0.5) is 0 Å². The molecule has 0 atom stereocenters. The molecule has 2 rings (SSSR count). The Hall–Kier alpha value is -0.850. The second-order valence-corrected chi connectivity index (χ2v) is 5.96. The standard InChI is InChI=1S/C13H26N4O2/c14-12(15-19)10-13(2-3-13)11-17-5-1-4-16(6-7-17)8-9-18/h18-19H,1-11H2,(H2,14,15). The van der Waals surface area contributed by atoms with Crippen LogP contribution in [-0.2, 0) is 0 Å². The molecule has 0 aromatic heterocycles. The molecule has 0 unspecified atom stereocenters.